The molecule has 0 amide bonds. The zero-order valence-electron chi connectivity index (χ0n) is 7.87. The predicted molar refractivity (Wildman–Crippen MR) is 48.8 cm³/mol. The van der Waals surface area contributed by atoms with Gasteiger partial charge in [-0.2, -0.15) is 0 Å². The number of esters is 2. The van der Waals surface area contributed by atoms with Gasteiger partial charge in [0.15, 0.2) is 5.41 Å². The number of hydrogen-bond acceptors (Lipinski definition) is 3. The lowest BCUT2D eigenvalue weighted by Gasteiger charge is -2.23. The largest absolute Gasteiger partial charge is 0.391 e. The van der Waals surface area contributed by atoms with Crippen molar-refractivity contribution in [1.82, 2.24) is 0 Å². The van der Waals surface area contributed by atoms with Crippen molar-refractivity contribution in [2.24, 2.45) is 11.3 Å². The van der Waals surface area contributed by atoms with Gasteiger partial charge in [-0.3, -0.25) is 4.79 Å². The summed E-state index contributed by atoms with van der Waals surface area (Å²) in [6.07, 6.45) is 5.06. The van der Waals surface area contributed by atoms with Gasteiger partial charge in [-0.15, -0.1) is 5.92 Å². The molecule has 0 N–H and O–H groups in total. The van der Waals surface area contributed by atoms with E-state index in [1.165, 1.54) is 0 Å². The highest BCUT2D eigenvalue weighted by Crippen LogP contribution is 2.43. The highest BCUT2D eigenvalue weighted by Gasteiger charge is 2.56. The van der Waals surface area contributed by atoms with Crippen LogP contribution in [0.3, 0.4) is 0 Å². The third-order valence-corrected chi connectivity index (χ3v) is 2.70. The van der Waals surface area contributed by atoms with Gasteiger partial charge in [0, 0.05) is 0 Å². The average molecular weight is 190 g/mol. The van der Waals surface area contributed by atoms with Crippen molar-refractivity contribution in [3.05, 3.63) is 12.2 Å². The number of fused-ring (bicyclic) bond motifs is 1. The Kier molecular flexibility index (Phi) is 1.92. The molecule has 0 saturated carbocycles. The van der Waals surface area contributed by atoms with Gasteiger partial charge >= 0.3 is 11.9 Å². The summed E-state index contributed by atoms with van der Waals surface area (Å²) in [5, 5.41) is 0. The van der Waals surface area contributed by atoms with Crippen molar-refractivity contribution in [3.8, 4) is 11.8 Å². The summed E-state index contributed by atoms with van der Waals surface area (Å²) < 4.78 is 4.63. The first kappa shape index (κ1) is 9.01. The lowest BCUT2D eigenvalue weighted by atomic mass is 9.72. The first-order valence-electron chi connectivity index (χ1n) is 4.58. The van der Waals surface area contributed by atoms with E-state index in [2.05, 4.69) is 16.6 Å². The van der Waals surface area contributed by atoms with Crippen LogP contribution in [0.2, 0.25) is 0 Å². The number of hydrogen-bond donors (Lipinski definition) is 0. The molecule has 1 fully saturated rings. The maximum absolute atomic E-state index is 11.5. The molecular weight excluding hydrogens is 180 g/mol. The first-order chi connectivity index (χ1) is 6.70. The van der Waals surface area contributed by atoms with E-state index in [0.717, 1.165) is 6.42 Å². The van der Waals surface area contributed by atoms with E-state index in [1.54, 1.807) is 13.0 Å². The van der Waals surface area contributed by atoms with Crippen LogP contribution in [0.5, 0.6) is 0 Å². The minimum absolute atomic E-state index is 0.396. The van der Waals surface area contributed by atoms with Crippen LogP contribution in [0.15, 0.2) is 12.2 Å². The van der Waals surface area contributed by atoms with E-state index in [-0.39, 0.29) is 0 Å². The van der Waals surface area contributed by atoms with Gasteiger partial charge in [-0.05, 0) is 19.8 Å². The lowest BCUT2D eigenvalue weighted by molar-refractivity contribution is -0.154. The summed E-state index contributed by atoms with van der Waals surface area (Å²) in [6, 6.07) is 0. The third kappa shape index (κ3) is 1.00. The standard InChI is InChI=1S/C11H10O3/c1-2-6-11-7-4-3-5-8(11)9(12)14-10(11)13/h4,7-8H,3,5H2,1H3. The molecule has 2 rings (SSSR count). The topological polar surface area (TPSA) is 43.4 Å². The van der Waals surface area contributed by atoms with Crippen LogP contribution in [0, 0.1) is 23.2 Å². The molecule has 2 atom stereocenters. The number of cyclic esters (lactones) is 2. The van der Waals surface area contributed by atoms with Crippen LogP contribution in [-0.4, -0.2) is 11.9 Å². The highest BCUT2D eigenvalue weighted by molar-refractivity contribution is 6.02. The van der Waals surface area contributed by atoms with Crippen molar-refractivity contribution < 1.29 is 14.3 Å². The fraction of sp³-hybridized carbons (Fsp3) is 0.455. The Morgan fingerprint density at radius 1 is 1.57 bits per heavy atom. The van der Waals surface area contributed by atoms with Crippen molar-refractivity contribution >= 4 is 11.9 Å². The van der Waals surface area contributed by atoms with Crippen LogP contribution >= 0.6 is 0 Å². The monoisotopic (exact) mass is 190 g/mol. The van der Waals surface area contributed by atoms with E-state index in [9.17, 15) is 9.59 Å². The first-order valence-corrected chi connectivity index (χ1v) is 4.58. The number of ether oxygens (including phenoxy) is 1. The van der Waals surface area contributed by atoms with Gasteiger partial charge in [0.05, 0.1) is 5.92 Å². The van der Waals surface area contributed by atoms with Crippen LogP contribution in [-0.2, 0) is 14.3 Å². The maximum Gasteiger partial charge on any atom is 0.336 e. The molecule has 72 valence electrons. The molecule has 1 saturated heterocycles. The zero-order valence-corrected chi connectivity index (χ0v) is 7.87. The number of carbonyl (C=O) groups excluding carboxylic acids is 2. The SMILES string of the molecule is CC#CC12C=CCCC1C(=O)OC2=O. The molecule has 1 heterocycles. The molecule has 2 unspecified atom stereocenters. The normalized spacial score (nSPS) is 34.5. The molecule has 0 bridgehead atoms. The fourth-order valence-electron chi connectivity index (χ4n) is 2.02. The zero-order chi connectivity index (χ0) is 10.2. The molecule has 3 nitrogen and oxygen atoms in total. The second-order valence-corrected chi connectivity index (χ2v) is 3.48. The van der Waals surface area contributed by atoms with Gasteiger partial charge in [-0.25, -0.2) is 4.79 Å². The molecule has 3 heteroatoms. The second-order valence-electron chi connectivity index (χ2n) is 3.48. The smallest absolute Gasteiger partial charge is 0.336 e. The van der Waals surface area contributed by atoms with Gasteiger partial charge in [0.2, 0.25) is 0 Å². The Morgan fingerprint density at radius 3 is 3.07 bits per heavy atom. The minimum Gasteiger partial charge on any atom is -0.391 e. The Labute approximate surface area is 82.1 Å². The van der Waals surface area contributed by atoms with E-state index in [4.69, 9.17) is 0 Å². The Balaban J connectivity index is 2.53. The molecule has 0 radical (unpaired) electrons. The van der Waals surface area contributed by atoms with Crippen molar-refractivity contribution in [2.45, 2.75) is 19.8 Å². The van der Waals surface area contributed by atoms with E-state index >= 15 is 0 Å². The Hall–Kier alpha value is -1.56. The van der Waals surface area contributed by atoms with Gasteiger partial charge in [0.1, 0.15) is 0 Å². The van der Waals surface area contributed by atoms with Crippen LogP contribution < -0.4 is 0 Å². The van der Waals surface area contributed by atoms with Crippen LogP contribution in [0.25, 0.3) is 0 Å². The summed E-state index contributed by atoms with van der Waals surface area (Å²) in [7, 11) is 0. The predicted octanol–water partition coefficient (Wildman–Crippen LogP) is 1.05. The van der Waals surface area contributed by atoms with Crippen molar-refractivity contribution in [2.75, 3.05) is 0 Å². The second kappa shape index (κ2) is 2.98. The summed E-state index contributed by atoms with van der Waals surface area (Å²) in [4.78, 5) is 22.9. The molecule has 0 aromatic heterocycles. The fourth-order valence-corrected chi connectivity index (χ4v) is 2.02. The van der Waals surface area contributed by atoms with Gasteiger partial charge in [0.25, 0.3) is 0 Å². The summed E-state index contributed by atoms with van der Waals surface area (Å²) in [6.45, 7) is 1.66. The van der Waals surface area contributed by atoms with Gasteiger partial charge < -0.3 is 4.74 Å². The Bertz CT molecular complexity index is 383. The van der Waals surface area contributed by atoms with Crippen LogP contribution in [0.1, 0.15) is 19.8 Å². The highest BCUT2D eigenvalue weighted by atomic mass is 16.6. The molecule has 0 aromatic carbocycles. The van der Waals surface area contributed by atoms with E-state index in [1.807, 2.05) is 6.08 Å². The quantitative estimate of drug-likeness (QED) is 0.248. The molecule has 14 heavy (non-hydrogen) atoms. The number of rotatable bonds is 0. The van der Waals surface area contributed by atoms with Crippen molar-refractivity contribution in [1.29, 1.82) is 0 Å². The number of carbonyl (C=O) groups is 2. The molecule has 1 aliphatic heterocycles. The molecular formula is C11H10O3. The van der Waals surface area contributed by atoms with Crippen LogP contribution in [0.4, 0.5) is 0 Å². The molecule has 0 aromatic rings. The van der Waals surface area contributed by atoms with E-state index < -0.39 is 23.3 Å². The minimum atomic E-state index is -0.982. The molecule has 1 aliphatic carbocycles. The van der Waals surface area contributed by atoms with E-state index in [0.29, 0.717) is 6.42 Å². The molecule has 0 spiro atoms. The Morgan fingerprint density at radius 2 is 2.36 bits per heavy atom. The summed E-state index contributed by atoms with van der Waals surface area (Å²) in [5.41, 5.74) is -0.982. The summed E-state index contributed by atoms with van der Waals surface area (Å²) >= 11 is 0. The molecule has 2 aliphatic rings. The number of allylic oxidation sites excluding steroid dienone is 1. The lowest BCUT2D eigenvalue weighted by Crippen LogP contribution is -2.32. The van der Waals surface area contributed by atoms with Crippen molar-refractivity contribution in [3.63, 3.8) is 0 Å². The average Bonchev–Trinajstić information content (AvgIpc) is 2.41. The third-order valence-electron chi connectivity index (χ3n) is 2.70. The maximum atomic E-state index is 11.5. The van der Waals surface area contributed by atoms with Gasteiger partial charge in [-0.1, -0.05) is 18.1 Å². The summed E-state index contributed by atoms with van der Waals surface area (Å²) in [5.74, 6) is 4.16.